The van der Waals surface area contributed by atoms with Crippen molar-refractivity contribution in [1.82, 2.24) is 0 Å². The van der Waals surface area contributed by atoms with Crippen LogP contribution in [0.15, 0.2) is 59.5 Å². The summed E-state index contributed by atoms with van der Waals surface area (Å²) in [4.78, 5) is 12.4. The van der Waals surface area contributed by atoms with Crippen LogP contribution in [-0.4, -0.2) is 11.2 Å². The third kappa shape index (κ3) is 2.40. The molecule has 1 N–H and O–H groups in total. The summed E-state index contributed by atoms with van der Waals surface area (Å²) in [7, 11) is 0. The molecule has 0 fully saturated rings. The number of fused-ring (bicyclic) bond motifs is 3. The van der Waals surface area contributed by atoms with Gasteiger partial charge in [-0.05, 0) is 41.9 Å². The van der Waals surface area contributed by atoms with Gasteiger partial charge in [0.05, 0.1) is 11.0 Å². The van der Waals surface area contributed by atoms with Gasteiger partial charge in [0.15, 0.2) is 0 Å². The second kappa shape index (κ2) is 5.98. The molecule has 2 aliphatic rings. The van der Waals surface area contributed by atoms with Crippen LogP contribution >= 0.6 is 11.8 Å². The first-order valence-corrected chi connectivity index (χ1v) is 9.26. The number of anilines is 1. The van der Waals surface area contributed by atoms with Crippen molar-refractivity contribution in [3.8, 4) is 0 Å². The Hall–Kier alpha value is -2.27. The summed E-state index contributed by atoms with van der Waals surface area (Å²) in [6.07, 6.45) is 7.46. The lowest BCUT2D eigenvalue weighted by Gasteiger charge is -2.37. The average Bonchev–Trinajstić information content (AvgIpc) is 3.10. The minimum atomic E-state index is -0.293. The molecule has 3 atom stereocenters. The highest BCUT2D eigenvalue weighted by Crippen LogP contribution is 2.51. The highest BCUT2D eigenvalue weighted by Gasteiger charge is 2.40. The van der Waals surface area contributed by atoms with E-state index in [1.165, 1.54) is 10.5 Å². The monoisotopic (exact) mass is 338 g/mol. The van der Waals surface area contributed by atoms with Crippen LogP contribution in [0.25, 0.3) is 0 Å². The zero-order chi connectivity index (χ0) is 16.7. The molecule has 2 aromatic carbocycles. The van der Waals surface area contributed by atoms with E-state index in [1.807, 2.05) is 6.07 Å². The second-order valence-corrected chi connectivity index (χ2v) is 7.13. The molecule has 122 valence electrons. The SMILES string of the molecule is CSc1ccc(C2Nc3c(cccc3[N+](=O)[O-])C3C=CCC32)cc1. The normalized spacial score (nSPS) is 24.1. The molecule has 1 heterocycles. The Kier molecular flexibility index (Phi) is 3.81. The van der Waals surface area contributed by atoms with Gasteiger partial charge in [-0.15, -0.1) is 11.8 Å². The number of para-hydroxylation sites is 1. The molecule has 0 radical (unpaired) electrons. The zero-order valence-corrected chi connectivity index (χ0v) is 14.1. The van der Waals surface area contributed by atoms with Gasteiger partial charge in [0, 0.05) is 16.9 Å². The fourth-order valence-electron chi connectivity index (χ4n) is 3.90. The Labute approximate surface area is 145 Å². The first-order valence-electron chi connectivity index (χ1n) is 8.03. The number of nitrogens with one attached hydrogen (secondary N) is 1. The number of nitro benzene ring substituents is 1. The van der Waals surface area contributed by atoms with E-state index in [-0.39, 0.29) is 22.6 Å². The van der Waals surface area contributed by atoms with E-state index in [9.17, 15) is 10.1 Å². The maximum absolute atomic E-state index is 11.4. The van der Waals surface area contributed by atoms with Gasteiger partial charge in [-0.1, -0.05) is 36.4 Å². The lowest BCUT2D eigenvalue weighted by molar-refractivity contribution is -0.384. The van der Waals surface area contributed by atoms with Crippen molar-refractivity contribution in [1.29, 1.82) is 0 Å². The molecule has 1 aliphatic carbocycles. The molecule has 0 aromatic heterocycles. The van der Waals surface area contributed by atoms with Crippen molar-refractivity contribution < 1.29 is 4.92 Å². The molecule has 0 spiro atoms. The molecule has 0 bridgehead atoms. The third-order valence-electron chi connectivity index (χ3n) is 5.05. The maximum Gasteiger partial charge on any atom is 0.292 e. The second-order valence-electron chi connectivity index (χ2n) is 6.25. The number of rotatable bonds is 3. The molecule has 2 aromatic rings. The molecule has 0 saturated heterocycles. The molecule has 1 aliphatic heterocycles. The van der Waals surface area contributed by atoms with Crippen molar-refractivity contribution in [2.75, 3.05) is 11.6 Å². The van der Waals surface area contributed by atoms with Gasteiger partial charge in [0.1, 0.15) is 5.69 Å². The van der Waals surface area contributed by atoms with Gasteiger partial charge >= 0.3 is 0 Å². The molecule has 3 unspecified atom stereocenters. The molecule has 24 heavy (non-hydrogen) atoms. The molecule has 5 heteroatoms. The Morgan fingerprint density at radius 3 is 2.71 bits per heavy atom. The van der Waals surface area contributed by atoms with Crippen LogP contribution in [-0.2, 0) is 0 Å². The van der Waals surface area contributed by atoms with Crippen molar-refractivity contribution in [2.24, 2.45) is 5.92 Å². The summed E-state index contributed by atoms with van der Waals surface area (Å²) in [5, 5.41) is 14.9. The molecule has 0 saturated carbocycles. The van der Waals surface area contributed by atoms with E-state index in [0.29, 0.717) is 11.6 Å². The van der Waals surface area contributed by atoms with Gasteiger partial charge in [0.2, 0.25) is 0 Å². The predicted octanol–water partition coefficient (Wildman–Crippen LogP) is 5.14. The van der Waals surface area contributed by atoms with E-state index in [1.54, 1.807) is 23.9 Å². The number of nitrogens with zero attached hydrogens (tertiary/aromatic N) is 1. The molecule has 0 amide bonds. The molecule has 4 rings (SSSR count). The number of nitro groups is 1. The summed E-state index contributed by atoms with van der Waals surface area (Å²) >= 11 is 1.72. The lowest BCUT2D eigenvalue weighted by Crippen LogP contribution is -2.29. The van der Waals surface area contributed by atoms with Crippen LogP contribution in [0, 0.1) is 16.0 Å². The number of hydrogen-bond acceptors (Lipinski definition) is 4. The predicted molar refractivity (Wildman–Crippen MR) is 97.7 cm³/mol. The summed E-state index contributed by atoms with van der Waals surface area (Å²) < 4.78 is 0. The van der Waals surface area contributed by atoms with Gasteiger partial charge < -0.3 is 5.32 Å². The molecule has 4 nitrogen and oxygen atoms in total. The number of benzene rings is 2. The third-order valence-corrected chi connectivity index (χ3v) is 5.79. The first-order chi connectivity index (χ1) is 11.7. The smallest absolute Gasteiger partial charge is 0.292 e. The summed E-state index contributed by atoms with van der Waals surface area (Å²) in [5.41, 5.74) is 3.07. The number of thioether (sulfide) groups is 1. The minimum absolute atomic E-state index is 0.0921. The van der Waals surface area contributed by atoms with E-state index in [0.717, 1.165) is 12.0 Å². The number of hydrogen-bond donors (Lipinski definition) is 1. The maximum atomic E-state index is 11.4. The standard InChI is InChI=1S/C19H18N2O2S/c1-24-13-10-8-12(9-11-13)18-15-5-2-4-14(15)16-6-3-7-17(21(22)23)19(16)20-18/h2-4,6-11,14-15,18,20H,5H2,1H3. The summed E-state index contributed by atoms with van der Waals surface area (Å²) in [6, 6.07) is 14.0. The van der Waals surface area contributed by atoms with E-state index in [2.05, 4.69) is 48.0 Å². The topological polar surface area (TPSA) is 55.2 Å². The molecular formula is C19H18N2O2S. The quantitative estimate of drug-likeness (QED) is 0.364. The lowest BCUT2D eigenvalue weighted by atomic mass is 9.77. The highest BCUT2D eigenvalue weighted by atomic mass is 32.2. The van der Waals surface area contributed by atoms with Gasteiger partial charge in [-0.2, -0.15) is 0 Å². The van der Waals surface area contributed by atoms with Crippen molar-refractivity contribution >= 4 is 23.1 Å². The van der Waals surface area contributed by atoms with Crippen LogP contribution in [0.5, 0.6) is 0 Å². The first kappa shape index (κ1) is 15.3. The van der Waals surface area contributed by atoms with Gasteiger partial charge in [-0.25, -0.2) is 0 Å². The minimum Gasteiger partial charge on any atom is -0.372 e. The van der Waals surface area contributed by atoms with Gasteiger partial charge in [-0.3, -0.25) is 10.1 Å². The van der Waals surface area contributed by atoms with Crippen LogP contribution in [0.1, 0.15) is 29.5 Å². The Morgan fingerprint density at radius 2 is 2.00 bits per heavy atom. The van der Waals surface area contributed by atoms with Crippen LogP contribution < -0.4 is 5.32 Å². The van der Waals surface area contributed by atoms with Gasteiger partial charge in [0.25, 0.3) is 5.69 Å². The Morgan fingerprint density at radius 1 is 1.21 bits per heavy atom. The van der Waals surface area contributed by atoms with E-state index < -0.39 is 0 Å². The van der Waals surface area contributed by atoms with Crippen molar-refractivity contribution in [2.45, 2.75) is 23.3 Å². The number of allylic oxidation sites excluding steroid dienone is 2. The van der Waals surface area contributed by atoms with E-state index in [4.69, 9.17) is 0 Å². The summed E-state index contributed by atoms with van der Waals surface area (Å²) in [5.74, 6) is 0.644. The van der Waals surface area contributed by atoms with Crippen LogP contribution in [0.3, 0.4) is 0 Å². The average molecular weight is 338 g/mol. The Bertz CT molecular complexity index is 817. The van der Waals surface area contributed by atoms with Crippen molar-refractivity contribution in [3.63, 3.8) is 0 Å². The zero-order valence-electron chi connectivity index (χ0n) is 13.3. The molecular weight excluding hydrogens is 320 g/mol. The summed E-state index contributed by atoms with van der Waals surface area (Å²) in [6.45, 7) is 0. The fourth-order valence-corrected chi connectivity index (χ4v) is 4.31. The van der Waals surface area contributed by atoms with Crippen molar-refractivity contribution in [3.05, 3.63) is 75.9 Å². The van der Waals surface area contributed by atoms with E-state index >= 15 is 0 Å². The Balaban J connectivity index is 1.79. The van der Waals surface area contributed by atoms with Crippen LogP contribution in [0.2, 0.25) is 0 Å². The largest absolute Gasteiger partial charge is 0.372 e. The highest BCUT2D eigenvalue weighted by molar-refractivity contribution is 7.98. The fraction of sp³-hybridized carbons (Fsp3) is 0.263. The van der Waals surface area contributed by atoms with Crippen LogP contribution in [0.4, 0.5) is 11.4 Å².